The third kappa shape index (κ3) is 3.00. The van der Waals surface area contributed by atoms with Gasteiger partial charge >= 0.3 is 5.97 Å². The van der Waals surface area contributed by atoms with Gasteiger partial charge in [0.15, 0.2) is 5.69 Å². The molecule has 1 amide bonds. The first kappa shape index (κ1) is 16.5. The van der Waals surface area contributed by atoms with Crippen LogP contribution in [0.4, 0.5) is 5.82 Å². The van der Waals surface area contributed by atoms with Crippen LogP contribution in [-0.4, -0.2) is 53.5 Å². The topological polar surface area (TPSA) is 113 Å². The highest BCUT2D eigenvalue weighted by molar-refractivity contribution is 5.85. The fourth-order valence-electron chi connectivity index (χ4n) is 3.55. The Kier molecular flexibility index (Phi) is 4.06. The van der Waals surface area contributed by atoms with Gasteiger partial charge in [-0.3, -0.25) is 4.79 Å². The highest BCUT2D eigenvalue weighted by atomic mass is 16.4. The molecule has 2 atom stereocenters. The standard InChI is InChI=1S/C17H20N6O3/c1-22-9-18-7-13(22)16-11(4-5-15(24)23(16)10-2-3-10)21-14-8-19-12(6-20-14)17(25)26/h6-11,16H,2-5H2,1H3,(H,20,21)(H,25,26)/t11-,16-/m1/s1. The van der Waals surface area contributed by atoms with Crippen molar-refractivity contribution in [2.24, 2.45) is 7.05 Å². The quantitative estimate of drug-likeness (QED) is 0.828. The van der Waals surface area contributed by atoms with Gasteiger partial charge in [-0.2, -0.15) is 0 Å². The minimum atomic E-state index is -1.11. The van der Waals surface area contributed by atoms with Gasteiger partial charge in [0.25, 0.3) is 0 Å². The molecule has 0 aromatic carbocycles. The van der Waals surface area contributed by atoms with Gasteiger partial charge in [0.05, 0.1) is 42.7 Å². The summed E-state index contributed by atoms with van der Waals surface area (Å²) in [6.45, 7) is 0. The Morgan fingerprint density at radius 3 is 2.62 bits per heavy atom. The van der Waals surface area contributed by atoms with E-state index in [-0.39, 0.29) is 29.7 Å². The van der Waals surface area contributed by atoms with Gasteiger partial charge in [0, 0.05) is 19.5 Å². The Morgan fingerprint density at radius 2 is 2.04 bits per heavy atom. The van der Waals surface area contributed by atoms with Crippen LogP contribution < -0.4 is 5.32 Å². The van der Waals surface area contributed by atoms with Crippen molar-refractivity contribution in [1.82, 2.24) is 24.4 Å². The lowest BCUT2D eigenvalue weighted by Crippen LogP contribution is -2.49. The lowest BCUT2D eigenvalue weighted by molar-refractivity contribution is -0.138. The van der Waals surface area contributed by atoms with Crippen LogP contribution in [0.5, 0.6) is 0 Å². The monoisotopic (exact) mass is 356 g/mol. The number of nitrogens with zero attached hydrogens (tertiary/aromatic N) is 5. The zero-order valence-electron chi connectivity index (χ0n) is 14.4. The Hall–Kier alpha value is -2.97. The van der Waals surface area contributed by atoms with Gasteiger partial charge in [-0.1, -0.05) is 0 Å². The van der Waals surface area contributed by atoms with Gasteiger partial charge in [0.2, 0.25) is 5.91 Å². The second-order valence-electron chi connectivity index (χ2n) is 6.79. The van der Waals surface area contributed by atoms with E-state index in [0.29, 0.717) is 18.7 Å². The largest absolute Gasteiger partial charge is 0.476 e. The summed E-state index contributed by atoms with van der Waals surface area (Å²) in [4.78, 5) is 37.8. The predicted molar refractivity (Wildman–Crippen MR) is 91.5 cm³/mol. The number of rotatable bonds is 5. The summed E-state index contributed by atoms with van der Waals surface area (Å²) < 4.78 is 1.94. The molecule has 3 heterocycles. The van der Waals surface area contributed by atoms with E-state index in [1.807, 2.05) is 16.5 Å². The minimum absolute atomic E-state index is 0.0475. The van der Waals surface area contributed by atoms with Crippen molar-refractivity contribution in [2.75, 3.05) is 5.32 Å². The third-order valence-corrected chi connectivity index (χ3v) is 4.94. The summed E-state index contributed by atoms with van der Waals surface area (Å²) in [7, 11) is 1.92. The number of carboxylic acid groups (broad SMARTS) is 1. The number of carbonyl (C=O) groups is 2. The van der Waals surface area contributed by atoms with Crippen molar-refractivity contribution in [3.8, 4) is 0 Å². The molecule has 2 aromatic heterocycles. The molecule has 2 aromatic rings. The first-order chi connectivity index (χ1) is 12.5. The van der Waals surface area contributed by atoms with Crippen LogP contribution in [0.1, 0.15) is 47.9 Å². The highest BCUT2D eigenvalue weighted by Crippen LogP contribution is 2.41. The summed E-state index contributed by atoms with van der Waals surface area (Å²) >= 11 is 0. The van der Waals surface area contributed by atoms with E-state index in [0.717, 1.165) is 18.5 Å². The molecule has 9 heteroatoms. The summed E-state index contributed by atoms with van der Waals surface area (Å²) in [5.41, 5.74) is 0.870. The summed E-state index contributed by atoms with van der Waals surface area (Å²) in [6, 6.07) is 0.0957. The number of anilines is 1. The number of likely N-dealkylation sites (tertiary alicyclic amines) is 1. The lowest BCUT2D eigenvalue weighted by atomic mass is 9.92. The third-order valence-electron chi connectivity index (χ3n) is 4.94. The molecule has 1 aliphatic heterocycles. The van der Waals surface area contributed by atoms with Crippen molar-refractivity contribution < 1.29 is 14.7 Å². The molecular formula is C17H20N6O3. The molecule has 9 nitrogen and oxygen atoms in total. The number of aromatic carboxylic acids is 1. The SMILES string of the molecule is Cn1cncc1[C@H]1[C@H](Nc2cnc(C(=O)O)cn2)CCC(=O)N1C1CC1. The van der Waals surface area contributed by atoms with Crippen LogP contribution in [0.3, 0.4) is 0 Å². The Morgan fingerprint density at radius 1 is 1.23 bits per heavy atom. The maximum Gasteiger partial charge on any atom is 0.356 e. The van der Waals surface area contributed by atoms with Gasteiger partial charge in [0.1, 0.15) is 5.82 Å². The number of imidazole rings is 1. The number of carbonyl (C=O) groups excluding carboxylic acids is 1. The smallest absolute Gasteiger partial charge is 0.356 e. The molecule has 1 saturated heterocycles. The van der Waals surface area contributed by atoms with E-state index >= 15 is 0 Å². The Balaban J connectivity index is 1.63. The van der Waals surface area contributed by atoms with Crippen molar-refractivity contribution in [2.45, 2.75) is 43.8 Å². The van der Waals surface area contributed by atoms with E-state index < -0.39 is 5.97 Å². The van der Waals surface area contributed by atoms with Crippen LogP contribution in [0.15, 0.2) is 24.9 Å². The molecule has 0 radical (unpaired) electrons. The fraction of sp³-hybridized carbons (Fsp3) is 0.471. The van der Waals surface area contributed by atoms with Crippen LogP contribution in [0.25, 0.3) is 0 Å². The van der Waals surface area contributed by atoms with Crippen LogP contribution in [0.2, 0.25) is 0 Å². The van der Waals surface area contributed by atoms with Crippen molar-refractivity contribution in [3.05, 3.63) is 36.3 Å². The van der Waals surface area contributed by atoms with Gasteiger partial charge in [-0.15, -0.1) is 0 Å². The number of piperidine rings is 1. The number of hydrogen-bond donors (Lipinski definition) is 2. The fourth-order valence-corrected chi connectivity index (χ4v) is 3.55. The highest BCUT2D eigenvalue weighted by Gasteiger charge is 2.45. The average molecular weight is 356 g/mol. The van der Waals surface area contributed by atoms with Crippen molar-refractivity contribution in [3.63, 3.8) is 0 Å². The average Bonchev–Trinajstić information content (AvgIpc) is 3.37. The number of amides is 1. The molecule has 2 fully saturated rings. The number of nitrogens with one attached hydrogen (secondary N) is 1. The summed E-state index contributed by atoms with van der Waals surface area (Å²) in [5, 5.41) is 12.3. The molecule has 0 unspecified atom stereocenters. The van der Waals surface area contributed by atoms with E-state index in [1.165, 1.54) is 12.4 Å². The molecular weight excluding hydrogens is 336 g/mol. The second-order valence-corrected chi connectivity index (χ2v) is 6.79. The van der Waals surface area contributed by atoms with Gasteiger partial charge in [-0.05, 0) is 19.3 Å². The van der Waals surface area contributed by atoms with E-state index in [9.17, 15) is 9.59 Å². The van der Waals surface area contributed by atoms with Crippen molar-refractivity contribution in [1.29, 1.82) is 0 Å². The number of aromatic nitrogens is 4. The minimum Gasteiger partial charge on any atom is -0.476 e. The van der Waals surface area contributed by atoms with Crippen molar-refractivity contribution >= 4 is 17.7 Å². The predicted octanol–water partition coefficient (Wildman–Crippen LogP) is 1.21. The molecule has 2 aliphatic rings. The Labute approximate surface area is 150 Å². The Bertz CT molecular complexity index is 829. The molecule has 1 saturated carbocycles. The molecule has 0 spiro atoms. The molecule has 136 valence electrons. The number of carboxylic acids is 1. The normalized spacial score (nSPS) is 23.1. The molecule has 4 rings (SSSR count). The van der Waals surface area contributed by atoms with Gasteiger partial charge in [-0.25, -0.2) is 19.7 Å². The van der Waals surface area contributed by atoms with E-state index in [2.05, 4.69) is 20.3 Å². The zero-order valence-corrected chi connectivity index (χ0v) is 14.4. The maximum absolute atomic E-state index is 12.6. The molecule has 0 bridgehead atoms. The van der Waals surface area contributed by atoms with E-state index in [4.69, 9.17) is 5.11 Å². The van der Waals surface area contributed by atoms with Crippen LogP contribution >= 0.6 is 0 Å². The zero-order chi connectivity index (χ0) is 18.3. The number of aryl methyl sites for hydroxylation is 1. The molecule has 26 heavy (non-hydrogen) atoms. The number of hydrogen-bond acceptors (Lipinski definition) is 6. The van der Waals surface area contributed by atoms with Crippen LogP contribution in [-0.2, 0) is 11.8 Å². The van der Waals surface area contributed by atoms with Gasteiger partial charge < -0.3 is 19.9 Å². The first-order valence-corrected chi connectivity index (χ1v) is 8.64. The molecule has 2 N–H and O–H groups in total. The lowest BCUT2D eigenvalue weighted by Gasteiger charge is -2.42. The summed E-state index contributed by atoms with van der Waals surface area (Å²) in [6.07, 6.45) is 9.38. The van der Waals surface area contributed by atoms with Crippen LogP contribution in [0, 0.1) is 0 Å². The summed E-state index contributed by atoms with van der Waals surface area (Å²) in [5.74, 6) is -0.443. The maximum atomic E-state index is 12.6. The van der Waals surface area contributed by atoms with E-state index in [1.54, 1.807) is 12.5 Å². The first-order valence-electron chi connectivity index (χ1n) is 8.64. The second kappa shape index (κ2) is 6.40. The molecule has 1 aliphatic carbocycles.